The van der Waals surface area contributed by atoms with Gasteiger partial charge in [0.05, 0.1) is 17.6 Å². The molecule has 3 aromatic rings. The normalized spacial score (nSPS) is 12.9. The SMILES string of the molecule is O=[N+]([O-])c1ccc(NC(CO)Cc2c[nH]c3ccccc23)cc1C(F)(F)F. The Labute approximate surface area is 151 Å². The van der Waals surface area contributed by atoms with Crippen LogP contribution in [0.1, 0.15) is 11.1 Å². The van der Waals surface area contributed by atoms with Gasteiger partial charge in [0.2, 0.25) is 0 Å². The summed E-state index contributed by atoms with van der Waals surface area (Å²) in [4.78, 5) is 12.9. The van der Waals surface area contributed by atoms with Crippen molar-refractivity contribution in [3.63, 3.8) is 0 Å². The molecule has 0 spiro atoms. The van der Waals surface area contributed by atoms with E-state index in [0.29, 0.717) is 12.5 Å². The number of halogens is 3. The third-order valence-corrected chi connectivity index (χ3v) is 4.23. The van der Waals surface area contributed by atoms with Crippen LogP contribution < -0.4 is 5.32 Å². The van der Waals surface area contributed by atoms with Gasteiger partial charge in [-0.15, -0.1) is 0 Å². The Bertz CT molecular complexity index is 969. The number of aromatic nitrogens is 1. The molecule has 1 heterocycles. The first-order valence-corrected chi connectivity index (χ1v) is 8.07. The van der Waals surface area contributed by atoms with Crippen molar-refractivity contribution >= 4 is 22.3 Å². The standard InChI is InChI=1S/C18H16F3N3O3/c19-18(20,21)15-8-12(5-6-17(15)24(26)27)23-13(10-25)7-11-9-22-16-4-2-1-3-14(11)16/h1-6,8-9,13,22-23,25H,7,10H2. The van der Waals surface area contributed by atoms with Crippen molar-refractivity contribution in [2.45, 2.75) is 18.6 Å². The number of rotatable bonds is 6. The first-order valence-electron chi connectivity index (χ1n) is 8.07. The molecule has 1 aromatic heterocycles. The maximum absolute atomic E-state index is 13.1. The van der Waals surface area contributed by atoms with Gasteiger partial charge in [0.1, 0.15) is 5.56 Å². The number of aromatic amines is 1. The number of para-hydroxylation sites is 1. The number of hydrogen-bond donors (Lipinski definition) is 3. The van der Waals surface area contributed by atoms with E-state index < -0.39 is 28.4 Å². The molecule has 1 atom stereocenters. The van der Waals surface area contributed by atoms with Gasteiger partial charge in [0.25, 0.3) is 5.69 Å². The highest BCUT2D eigenvalue weighted by Crippen LogP contribution is 2.37. The number of fused-ring (bicyclic) bond motifs is 1. The van der Waals surface area contributed by atoms with Crippen LogP contribution in [0.2, 0.25) is 0 Å². The third-order valence-electron chi connectivity index (χ3n) is 4.23. The van der Waals surface area contributed by atoms with Crippen LogP contribution in [-0.4, -0.2) is 27.7 Å². The van der Waals surface area contributed by atoms with E-state index in [1.54, 1.807) is 6.20 Å². The van der Waals surface area contributed by atoms with E-state index in [9.17, 15) is 28.4 Å². The van der Waals surface area contributed by atoms with Gasteiger partial charge < -0.3 is 15.4 Å². The van der Waals surface area contributed by atoms with E-state index in [2.05, 4.69) is 10.3 Å². The molecule has 0 aliphatic carbocycles. The number of nitrogens with zero attached hydrogens (tertiary/aromatic N) is 1. The second-order valence-electron chi connectivity index (χ2n) is 6.07. The van der Waals surface area contributed by atoms with E-state index in [-0.39, 0.29) is 12.3 Å². The first-order chi connectivity index (χ1) is 12.8. The van der Waals surface area contributed by atoms with Crippen LogP contribution in [0, 0.1) is 10.1 Å². The molecular weight excluding hydrogens is 363 g/mol. The highest BCUT2D eigenvalue weighted by Gasteiger charge is 2.38. The smallest absolute Gasteiger partial charge is 0.394 e. The van der Waals surface area contributed by atoms with Crippen molar-refractivity contribution < 1.29 is 23.2 Å². The van der Waals surface area contributed by atoms with Gasteiger partial charge in [-0.1, -0.05) is 18.2 Å². The summed E-state index contributed by atoms with van der Waals surface area (Å²) < 4.78 is 39.3. The molecule has 0 saturated heterocycles. The predicted octanol–water partition coefficient (Wildman–Crippen LogP) is 4.11. The summed E-state index contributed by atoms with van der Waals surface area (Å²) in [5.74, 6) is 0. The number of aliphatic hydroxyl groups excluding tert-OH is 1. The molecule has 2 aromatic carbocycles. The molecule has 3 rings (SSSR count). The molecule has 9 heteroatoms. The number of nitro benzene ring substituents is 1. The summed E-state index contributed by atoms with van der Waals surface area (Å²) in [6.07, 6.45) is -2.71. The summed E-state index contributed by atoms with van der Waals surface area (Å²) in [6.45, 7) is -0.322. The Morgan fingerprint density at radius 3 is 2.63 bits per heavy atom. The zero-order chi connectivity index (χ0) is 19.6. The molecule has 27 heavy (non-hydrogen) atoms. The summed E-state index contributed by atoms with van der Waals surface area (Å²) in [5.41, 5.74) is -0.479. The highest BCUT2D eigenvalue weighted by molar-refractivity contribution is 5.83. The quantitative estimate of drug-likeness (QED) is 0.444. The van der Waals surface area contributed by atoms with Crippen LogP contribution in [0.15, 0.2) is 48.7 Å². The van der Waals surface area contributed by atoms with Gasteiger partial charge in [0, 0.05) is 28.9 Å². The molecule has 0 amide bonds. The lowest BCUT2D eigenvalue weighted by atomic mass is 10.0. The predicted molar refractivity (Wildman–Crippen MR) is 94.6 cm³/mol. The van der Waals surface area contributed by atoms with Gasteiger partial charge in [-0.05, 0) is 30.2 Å². The maximum Gasteiger partial charge on any atom is 0.423 e. The van der Waals surface area contributed by atoms with Gasteiger partial charge in [-0.2, -0.15) is 13.2 Å². The maximum atomic E-state index is 13.1. The van der Waals surface area contributed by atoms with Crippen molar-refractivity contribution in [1.29, 1.82) is 0 Å². The van der Waals surface area contributed by atoms with Crippen molar-refractivity contribution in [1.82, 2.24) is 4.98 Å². The number of nitrogens with one attached hydrogen (secondary N) is 2. The fraction of sp³-hybridized carbons (Fsp3) is 0.222. The fourth-order valence-corrected chi connectivity index (χ4v) is 2.97. The van der Waals surface area contributed by atoms with E-state index >= 15 is 0 Å². The van der Waals surface area contributed by atoms with Crippen LogP contribution in [0.25, 0.3) is 10.9 Å². The molecule has 0 saturated carbocycles. The average molecular weight is 379 g/mol. The molecule has 1 unspecified atom stereocenters. The number of H-pyrrole nitrogens is 1. The van der Waals surface area contributed by atoms with E-state index in [1.807, 2.05) is 24.3 Å². The Kier molecular flexibility index (Phi) is 5.04. The van der Waals surface area contributed by atoms with Gasteiger partial charge >= 0.3 is 6.18 Å². The van der Waals surface area contributed by atoms with Crippen molar-refractivity contribution in [3.05, 3.63) is 69.9 Å². The van der Waals surface area contributed by atoms with Gasteiger partial charge in [-0.25, -0.2) is 0 Å². The molecule has 3 N–H and O–H groups in total. The molecule has 6 nitrogen and oxygen atoms in total. The first kappa shape index (κ1) is 18.7. The monoisotopic (exact) mass is 379 g/mol. The fourth-order valence-electron chi connectivity index (χ4n) is 2.97. The molecular formula is C18H16F3N3O3. The number of aliphatic hydroxyl groups is 1. The lowest BCUT2D eigenvalue weighted by Gasteiger charge is -2.18. The summed E-state index contributed by atoms with van der Waals surface area (Å²) in [5, 5.41) is 24.2. The zero-order valence-electron chi connectivity index (χ0n) is 14.0. The summed E-state index contributed by atoms with van der Waals surface area (Å²) >= 11 is 0. The van der Waals surface area contributed by atoms with Crippen molar-refractivity contribution in [2.75, 3.05) is 11.9 Å². The Morgan fingerprint density at radius 1 is 1.22 bits per heavy atom. The second kappa shape index (κ2) is 7.28. The van der Waals surface area contributed by atoms with E-state index in [4.69, 9.17) is 0 Å². The molecule has 0 aliphatic rings. The molecule has 142 valence electrons. The molecule has 0 aliphatic heterocycles. The second-order valence-corrected chi connectivity index (χ2v) is 6.07. The largest absolute Gasteiger partial charge is 0.423 e. The minimum Gasteiger partial charge on any atom is -0.394 e. The van der Waals surface area contributed by atoms with Gasteiger partial charge in [0.15, 0.2) is 0 Å². The zero-order valence-corrected chi connectivity index (χ0v) is 14.0. The number of hydrogen-bond acceptors (Lipinski definition) is 4. The van der Waals surface area contributed by atoms with E-state index in [0.717, 1.165) is 22.5 Å². The molecule has 0 radical (unpaired) electrons. The van der Waals surface area contributed by atoms with Crippen molar-refractivity contribution in [3.8, 4) is 0 Å². The minimum atomic E-state index is -4.86. The Morgan fingerprint density at radius 2 is 1.96 bits per heavy atom. The Balaban J connectivity index is 1.85. The highest BCUT2D eigenvalue weighted by atomic mass is 19.4. The topological polar surface area (TPSA) is 91.2 Å². The van der Waals surface area contributed by atoms with Crippen molar-refractivity contribution in [2.24, 2.45) is 0 Å². The lowest BCUT2D eigenvalue weighted by Crippen LogP contribution is -2.26. The van der Waals surface area contributed by atoms with Crippen LogP contribution in [0.5, 0.6) is 0 Å². The molecule has 0 fully saturated rings. The summed E-state index contributed by atoms with van der Waals surface area (Å²) in [6, 6.07) is 9.68. The third kappa shape index (κ3) is 4.03. The minimum absolute atomic E-state index is 0.0480. The number of benzene rings is 2. The van der Waals surface area contributed by atoms with Crippen LogP contribution in [-0.2, 0) is 12.6 Å². The molecule has 0 bridgehead atoms. The number of nitro groups is 1. The van der Waals surface area contributed by atoms with Crippen LogP contribution in [0.3, 0.4) is 0 Å². The van der Waals surface area contributed by atoms with E-state index in [1.165, 1.54) is 6.07 Å². The number of anilines is 1. The number of alkyl halides is 3. The van der Waals surface area contributed by atoms with Gasteiger partial charge in [-0.3, -0.25) is 10.1 Å². The Hall–Kier alpha value is -3.07. The summed E-state index contributed by atoms with van der Waals surface area (Å²) in [7, 11) is 0. The lowest BCUT2D eigenvalue weighted by molar-refractivity contribution is -0.388. The van der Waals surface area contributed by atoms with Crippen LogP contribution >= 0.6 is 0 Å². The van der Waals surface area contributed by atoms with Crippen LogP contribution in [0.4, 0.5) is 24.5 Å². The average Bonchev–Trinajstić information content (AvgIpc) is 3.03.